The molecule has 0 saturated heterocycles. The summed E-state index contributed by atoms with van der Waals surface area (Å²) in [6.45, 7) is 0.516. The van der Waals surface area contributed by atoms with Gasteiger partial charge < -0.3 is 4.74 Å². The highest BCUT2D eigenvalue weighted by Crippen LogP contribution is 2.08. The Balaban J connectivity index is 1.83. The van der Waals surface area contributed by atoms with E-state index in [1.54, 1.807) is 30.3 Å². The summed E-state index contributed by atoms with van der Waals surface area (Å²) in [5.74, 6) is 0.724. The molecule has 0 unspecified atom stereocenters. The fourth-order valence-corrected chi connectivity index (χ4v) is 2.58. The predicted octanol–water partition coefficient (Wildman–Crippen LogP) is 2.04. The molecule has 0 atom stereocenters. The molecule has 2 aromatic rings. The van der Waals surface area contributed by atoms with E-state index in [9.17, 15) is 8.42 Å². The number of para-hydroxylation sites is 1. The van der Waals surface area contributed by atoms with Gasteiger partial charge >= 0.3 is 0 Å². The van der Waals surface area contributed by atoms with E-state index in [1.807, 2.05) is 30.3 Å². The van der Waals surface area contributed by atoms with E-state index in [0.717, 1.165) is 5.75 Å². The monoisotopic (exact) mass is 277 g/mol. The second-order valence-corrected chi connectivity index (χ2v) is 5.64. The molecule has 1 N–H and O–H groups in total. The molecule has 0 radical (unpaired) electrons. The molecule has 100 valence electrons. The molecule has 0 aliphatic carbocycles. The Kier molecular flexibility index (Phi) is 4.54. The van der Waals surface area contributed by atoms with Crippen molar-refractivity contribution in [1.82, 2.24) is 4.72 Å². The lowest BCUT2D eigenvalue weighted by Crippen LogP contribution is -2.28. The standard InChI is InChI=1S/C14H15NO3S/c16-19(17,14-9-5-2-6-10-14)15-11-12-18-13-7-3-1-4-8-13/h1-10,15H,11-12H2. The second kappa shape index (κ2) is 6.36. The van der Waals surface area contributed by atoms with Crippen molar-refractivity contribution in [3.8, 4) is 5.75 Å². The number of ether oxygens (including phenoxy) is 1. The van der Waals surface area contributed by atoms with Crippen molar-refractivity contribution in [1.29, 1.82) is 0 Å². The van der Waals surface area contributed by atoms with Crippen molar-refractivity contribution < 1.29 is 13.2 Å². The minimum Gasteiger partial charge on any atom is -0.492 e. The van der Waals surface area contributed by atoms with Crippen LogP contribution in [0.2, 0.25) is 0 Å². The van der Waals surface area contributed by atoms with Crippen LogP contribution >= 0.6 is 0 Å². The molecule has 0 saturated carbocycles. The topological polar surface area (TPSA) is 55.4 Å². The lowest BCUT2D eigenvalue weighted by Gasteiger charge is -2.08. The van der Waals surface area contributed by atoms with Gasteiger partial charge in [0.2, 0.25) is 10.0 Å². The first-order valence-electron chi connectivity index (χ1n) is 5.91. The molecule has 5 heteroatoms. The molecule has 0 heterocycles. The van der Waals surface area contributed by atoms with Gasteiger partial charge in [0.1, 0.15) is 12.4 Å². The van der Waals surface area contributed by atoms with Crippen molar-refractivity contribution in [3.63, 3.8) is 0 Å². The molecule has 0 aliphatic heterocycles. The van der Waals surface area contributed by atoms with E-state index < -0.39 is 10.0 Å². The summed E-state index contributed by atoms with van der Waals surface area (Å²) in [6, 6.07) is 17.5. The molecule has 4 nitrogen and oxygen atoms in total. The van der Waals surface area contributed by atoms with Crippen molar-refractivity contribution >= 4 is 10.0 Å². The average molecular weight is 277 g/mol. The van der Waals surface area contributed by atoms with Crippen molar-refractivity contribution in [2.24, 2.45) is 0 Å². The third-order valence-corrected chi connectivity index (χ3v) is 3.94. The highest BCUT2D eigenvalue weighted by molar-refractivity contribution is 7.89. The lowest BCUT2D eigenvalue weighted by atomic mass is 10.3. The van der Waals surface area contributed by atoms with Crippen LogP contribution < -0.4 is 9.46 Å². The van der Waals surface area contributed by atoms with Crippen LogP contribution in [0.25, 0.3) is 0 Å². The lowest BCUT2D eigenvalue weighted by molar-refractivity contribution is 0.323. The van der Waals surface area contributed by atoms with Crippen molar-refractivity contribution in [3.05, 3.63) is 60.7 Å². The van der Waals surface area contributed by atoms with E-state index in [2.05, 4.69) is 4.72 Å². The summed E-state index contributed by atoms with van der Waals surface area (Å²) in [5.41, 5.74) is 0. The third-order valence-electron chi connectivity index (χ3n) is 2.46. The molecular formula is C14H15NO3S. The summed E-state index contributed by atoms with van der Waals surface area (Å²) in [4.78, 5) is 0.259. The van der Waals surface area contributed by atoms with Gasteiger partial charge in [0.25, 0.3) is 0 Å². The smallest absolute Gasteiger partial charge is 0.240 e. The van der Waals surface area contributed by atoms with E-state index >= 15 is 0 Å². The molecule has 0 aliphatic rings. The van der Waals surface area contributed by atoms with Gasteiger partial charge in [-0.25, -0.2) is 13.1 Å². The molecule has 0 amide bonds. The Morgan fingerprint density at radius 2 is 1.47 bits per heavy atom. The highest BCUT2D eigenvalue weighted by Gasteiger charge is 2.11. The first kappa shape index (κ1) is 13.6. The summed E-state index contributed by atoms with van der Waals surface area (Å²) >= 11 is 0. The SMILES string of the molecule is O=S(=O)(NCCOc1ccccc1)c1ccccc1. The third kappa shape index (κ3) is 4.08. The van der Waals surface area contributed by atoms with Crippen LogP contribution in [0.4, 0.5) is 0 Å². The Hall–Kier alpha value is -1.85. The number of sulfonamides is 1. The van der Waals surface area contributed by atoms with Crippen LogP contribution in [0.15, 0.2) is 65.6 Å². The summed E-state index contributed by atoms with van der Waals surface area (Å²) in [6.07, 6.45) is 0. The minimum atomic E-state index is -3.44. The van der Waals surface area contributed by atoms with Gasteiger partial charge in [-0.1, -0.05) is 36.4 Å². The van der Waals surface area contributed by atoms with Crippen LogP contribution in [-0.2, 0) is 10.0 Å². The Bertz CT molecular complexity index is 597. The molecule has 0 fully saturated rings. The number of rotatable bonds is 6. The maximum atomic E-state index is 11.9. The fraction of sp³-hybridized carbons (Fsp3) is 0.143. The van der Waals surface area contributed by atoms with Gasteiger partial charge in [0.15, 0.2) is 0 Å². The molecule has 0 spiro atoms. The van der Waals surface area contributed by atoms with Crippen LogP contribution in [0, 0.1) is 0 Å². The predicted molar refractivity (Wildman–Crippen MR) is 73.6 cm³/mol. The fourth-order valence-electron chi connectivity index (χ4n) is 1.54. The van der Waals surface area contributed by atoms with Gasteiger partial charge in [-0.3, -0.25) is 0 Å². The Morgan fingerprint density at radius 3 is 2.11 bits per heavy atom. The maximum Gasteiger partial charge on any atom is 0.240 e. The van der Waals surface area contributed by atoms with Crippen LogP contribution in [-0.4, -0.2) is 21.6 Å². The van der Waals surface area contributed by atoms with Crippen LogP contribution in [0.5, 0.6) is 5.75 Å². The summed E-state index contributed by atoms with van der Waals surface area (Å²) in [7, 11) is -3.44. The molecular weight excluding hydrogens is 262 g/mol. The van der Waals surface area contributed by atoms with Crippen LogP contribution in [0.3, 0.4) is 0 Å². The van der Waals surface area contributed by atoms with E-state index in [1.165, 1.54) is 0 Å². The highest BCUT2D eigenvalue weighted by atomic mass is 32.2. The van der Waals surface area contributed by atoms with Crippen molar-refractivity contribution in [2.75, 3.05) is 13.2 Å². The van der Waals surface area contributed by atoms with Crippen LogP contribution in [0.1, 0.15) is 0 Å². The quantitative estimate of drug-likeness (QED) is 0.822. The molecule has 0 aromatic heterocycles. The largest absolute Gasteiger partial charge is 0.492 e. The number of nitrogens with one attached hydrogen (secondary N) is 1. The average Bonchev–Trinajstić information content (AvgIpc) is 2.46. The molecule has 19 heavy (non-hydrogen) atoms. The molecule has 2 rings (SSSR count). The van der Waals surface area contributed by atoms with E-state index in [0.29, 0.717) is 0 Å². The number of hydrogen-bond acceptors (Lipinski definition) is 3. The van der Waals surface area contributed by atoms with Gasteiger partial charge in [0.05, 0.1) is 4.90 Å². The molecule has 2 aromatic carbocycles. The summed E-state index contributed by atoms with van der Waals surface area (Å²) in [5, 5.41) is 0. The minimum absolute atomic E-state index is 0.228. The first-order valence-corrected chi connectivity index (χ1v) is 7.39. The van der Waals surface area contributed by atoms with Gasteiger partial charge in [-0.05, 0) is 24.3 Å². The normalized spacial score (nSPS) is 11.2. The number of benzene rings is 2. The Labute approximate surface area is 113 Å². The number of hydrogen-bond donors (Lipinski definition) is 1. The summed E-state index contributed by atoms with van der Waals surface area (Å²) < 4.78 is 31.7. The first-order chi connectivity index (χ1) is 9.18. The molecule has 0 bridgehead atoms. The maximum absolute atomic E-state index is 11.9. The zero-order chi connectivity index (χ0) is 13.6. The Morgan fingerprint density at radius 1 is 0.895 bits per heavy atom. The van der Waals surface area contributed by atoms with Crippen molar-refractivity contribution in [2.45, 2.75) is 4.90 Å². The zero-order valence-corrected chi connectivity index (χ0v) is 11.1. The van der Waals surface area contributed by atoms with Gasteiger partial charge in [0, 0.05) is 6.54 Å². The van der Waals surface area contributed by atoms with Gasteiger partial charge in [-0.2, -0.15) is 0 Å². The second-order valence-electron chi connectivity index (χ2n) is 3.87. The van der Waals surface area contributed by atoms with Gasteiger partial charge in [-0.15, -0.1) is 0 Å². The van der Waals surface area contributed by atoms with E-state index in [-0.39, 0.29) is 18.0 Å². The van der Waals surface area contributed by atoms with E-state index in [4.69, 9.17) is 4.74 Å². The zero-order valence-electron chi connectivity index (χ0n) is 10.3.